The number of thiazole rings is 1. The summed E-state index contributed by atoms with van der Waals surface area (Å²) >= 11 is 1.36. The second-order valence-electron chi connectivity index (χ2n) is 2.49. The minimum Gasteiger partial charge on any atom is -0.483 e. The topological polar surface area (TPSA) is 122 Å². The Bertz CT molecular complexity index is 465. The van der Waals surface area contributed by atoms with E-state index in [2.05, 4.69) is 15.2 Å². The third-order valence-electron chi connectivity index (χ3n) is 1.50. The van der Waals surface area contributed by atoms with Crippen LogP contribution in [0.25, 0.3) is 10.6 Å². The SMILES string of the molecule is NC(=O)c1csc(-c2cn[nH]c2)n1.O=CO. The van der Waals surface area contributed by atoms with Crippen molar-refractivity contribution in [1.82, 2.24) is 15.2 Å². The van der Waals surface area contributed by atoms with E-state index < -0.39 is 5.91 Å². The molecule has 2 aromatic heterocycles. The average molecular weight is 240 g/mol. The first-order chi connectivity index (χ1) is 7.69. The molecule has 0 atom stereocenters. The Labute approximate surface area is 93.9 Å². The zero-order valence-electron chi connectivity index (χ0n) is 7.95. The summed E-state index contributed by atoms with van der Waals surface area (Å²) in [5.74, 6) is -0.508. The van der Waals surface area contributed by atoms with Crippen LogP contribution in [0.2, 0.25) is 0 Å². The van der Waals surface area contributed by atoms with Gasteiger partial charge in [0, 0.05) is 17.1 Å². The maximum Gasteiger partial charge on any atom is 0.290 e. The van der Waals surface area contributed by atoms with Gasteiger partial charge in [0.1, 0.15) is 10.7 Å². The average Bonchev–Trinajstić information content (AvgIpc) is 2.90. The van der Waals surface area contributed by atoms with Crippen LogP contribution in [0.4, 0.5) is 0 Å². The molecule has 0 saturated heterocycles. The highest BCUT2D eigenvalue weighted by atomic mass is 32.1. The minimum absolute atomic E-state index is 0.250. The molecule has 7 nitrogen and oxygen atoms in total. The molecule has 4 N–H and O–H groups in total. The van der Waals surface area contributed by atoms with Gasteiger partial charge in [0.05, 0.1) is 6.20 Å². The number of primary amides is 1. The molecule has 1 amide bonds. The number of nitrogens with zero attached hydrogens (tertiary/aromatic N) is 2. The summed E-state index contributed by atoms with van der Waals surface area (Å²) in [4.78, 5) is 23.1. The van der Waals surface area contributed by atoms with Crippen molar-refractivity contribution in [2.75, 3.05) is 0 Å². The van der Waals surface area contributed by atoms with E-state index in [9.17, 15) is 4.79 Å². The second kappa shape index (κ2) is 5.61. The molecule has 0 radical (unpaired) electrons. The number of amides is 1. The largest absolute Gasteiger partial charge is 0.483 e. The van der Waals surface area contributed by atoms with Gasteiger partial charge in [-0.3, -0.25) is 14.7 Å². The van der Waals surface area contributed by atoms with E-state index in [1.165, 1.54) is 11.3 Å². The summed E-state index contributed by atoms with van der Waals surface area (Å²) < 4.78 is 0. The summed E-state index contributed by atoms with van der Waals surface area (Å²) in [5, 5.41) is 15.7. The zero-order chi connectivity index (χ0) is 12.0. The van der Waals surface area contributed by atoms with Crippen molar-refractivity contribution in [1.29, 1.82) is 0 Å². The van der Waals surface area contributed by atoms with E-state index in [1.54, 1.807) is 17.8 Å². The molecular formula is C8H8N4O3S. The summed E-state index contributed by atoms with van der Waals surface area (Å²) in [7, 11) is 0. The molecule has 0 aliphatic carbocycles. The van der Waals surface area contributed by atoms with Crippen LogP contribution in [-0.2, 0) is 4.79 Å². The Morgan fingerprint density at radius 3 is 2.75 bits per heavy atom. The smallest absolute Gasteiger partial charge is 0.290 e. The van der Waals surface area contributed by atoms with Crippen molar-refractivity contribution in [2.45, 2.75) is 0 Å². The second-order valence-corrected chi connectivity index (χ2v) is 3.35. The number of nitrogens with two attached hydrogens (primary N) is 1. The third kappa shape index (κ3) is 2.89. The molecule has 0 unspecified atom stereocenters. The lowest BCUT2D eigenvalue weighted by molar-refractivity contribution is -0.122. The normalized spacial score (nSPS) is 9.00. The molecule has 0 aliphatic heterocycles. The molecular weight excluding hydrogens is 232 g/mol. The van der Waals surface area contributed by atoms with Crippen LogP contribution in [0.3, 0.4) is 0 Å². The number of rotatable bonds is 2. The Morgan fingerprint density at radius 2 is 2.31 bits per heavy atom. The molecule has 0 aromatic carbocycles. The van der Waals surface area contributed by atoms with Gasteiger partial charge in [-0.15, -0.1) is 11.3 Å². The first kappa shape index (κ1) is 11.9. The van der Waals surface area contributed by atoms with Crippen LogP contribution in [-0.4, -0.2) is 32.7 Å². The molecule has 8 heteroatoms. The monoisotopic (exact) mass is 240 g/mol. The number of hydrogen-bond donors (Lipinski definition) is 3. The molecule has 84 valence electrons. The van der Waals surface area contributed by atoms with E-state index in [0.717, 1.165) is 10.6 Å². The fourth-order valence-corrected chi connectivity index (χ4v) is 1.68. The highest BCUT2D eigenvalue weighted by molar-refractivity contribution is 7.13. The van der Waals surface area contributed by atoms with Crippen molar-refractivity contribution in [2.24, 2.45) is 5.73 Å². The van der Waals surface area contributed by atoms with Crippen LogP contribution < -0.4 is 5.73 Å². The van der Waals surface area contributed by atoms with Crippen LogP contribution in [0, 0.1) is 0 Å². The highest BCUT2D eigenvalue weighted by Gasteiger charge is 2.08. The number of aromatic nitrogens is 3. The van der Waals surface area contributed by atoms with Gasteiger partial charge in [-0.25, -0.2) is 4.98 Å². The van der Waals surface area contributed by atoms with Gasteiger partial charge in [-0.05, 0) is 0 Å². The maximum absolute atomic E-state index is 10.7. The predicted octanol–water partition coefficient (Wildman–Crippen LogP) is 0.333. The van der Waals surface area contributed by atoms with Gasteiger partial charge < -0.3 is 10.8 Å². The fraction of sp³-hybridized carbons (Fsp3) is 0. The molecule has 2 aromatic rings. The molecule has 0 saturated carbocycles. The van der Waals surface area contributed by atoms with E-state index in [4.69, 9.17) is 15.6 Å². The lowest BCUT2D eigenvalue weighted by Crippen LogP contribution is -2.10. The molecule has 0 spiro atoms. The Morgan fingerprint density at radius 1 is 1.62 bits per heavy atom. The summed E-state index contributed by atoms with van der Waals surface area (Å²) in [6.07, 6.45) is 3.35. The Balaban J connectivity index is 0.000000386. The number of nitrogens with one attached hydrogen (secondary N) is 1. The van der Waals surface area contributed by atoms with Crippen LogP contribution >= 0.6 is 11.3 Å². The molecule has 2 rings (SSSR count). The summed E-state index contributed by atoms with van der Waals surface area (Å²) in [6.45, 7) is -0.250. The molecule has 2 heterocycles. The van der Waals surface area contributed by atoms with Crippen molar-refractivity contribution < 1.29 is 14.7 Å². The van der Waals surface area contributed by atoms with Crippen molar-refractivity contribution in [3.05, 3.63) is 23.5 Å². The minimum atomic E-state index is -0.508. The number of H-pyrrole nitrogens is 1. The number of carboxylic acid groups (broad SMARTS) is 1. The Hall–Kier alpha value is -2.22. The quantitative estimate of drug-likeness (QED) is 0.653. The first-order valence-electron chi connectivity index (χ1n) is 4.01. The number of carbonyl (C=O) groups excluding carboxylic acids is 1. The van der Waals surface area contributed by atoms with Gasteiger partial charge in [-0.2, -0.15) is 5.10 Å². The van der Waals surface area contributed by atoms with E-state index in [1.807, 2.05) is 0 Å². The zero-order valence-corrected chi connectivity index (χ0v) is 8.77. The van der Waals surface area contributed by atoms with Crippen LogP contribution in [0.15, 0.2) is 17.8 Å². The number of carbonyl (C=O) groups is 2. The van der Waals surface area contributed by atoms with Gasteiger partial charge in [0.2, 0.25) is 0 Å². The number of hydrogen-bond acceptors (Lipinski definition) is 5. The molecule has 0 aliphatic rings. The fourth-order valence-electron chi connectivity index (χ4n) is 0.887. The molecule has 0 bridgehead atoms. The first-order valence-corrected chi connectivity index (χ1v) is 4.89. The summed E-state index contributed by atoms with van der Waals surface area (Å²) in [5.41, 5.74) is 6.21. The van der Waals surface area contributed by atoms with Crippen molar-refractivity contribution in [3.8, 4) is 10.6 Å². The standard InChI is InChI=1S/C7H6N4OS.CH2O2/c8-6(12)5-3-13-7(11-5)4-1-9-10-2-4;2-1-3/h1-3H,(H2,8,12)(H,9,10);1H,(H,2,3). The molecule has 0 fully saturated rings. The van der Waals surface area contributed by atoms with Gasteiger partial charge in [-0.1, -0.05) is 0 Å². The van der Waals surface area contributed by atoms with Crippen LogP contribution in [0.5, 0.6) is 0 Å². The summed E-state index contributed by atoms with van der Waals surface area (Å²) in [6, 6.07) is 0. The predicted molar refractivity (Wildman–Crippen MR) is 56.9 cm³/mol. The van der Waals surface area contributed by atoms with Crippen molar-refractivity contribution in [3.63, 3.8) is 0 Å². The third-order valence-corrected chi connectivity index (χ3v) is 2.39. The van der Waals surface area contributed by atoms with E-state index in [0.29, 0.717) is 5.69 Å². The molecule has 16 heavy (non-hydrogen) atoms. The lowest BCUT2D eigenvalue weighted by Gasteiger charge is -1.85. The van der Waals surface area contributed by atoms with E-state index in [-0.39, 0.29) is 6.47 Å². The lowest BCUT2D eigenvalue weighted by atomic mass is 10.4. The maximum atomic E-state index is 10.7. The van der Waals surface area contributed by atoms with Gasteiger partial charge in [0.25, 0.3) is 12.4 Å². The number of aromatic amines is 1. The van der Waals surface area contributed by atoms with E-state index >= 15 is 0 Å². The van der Waals surface area contributed by atoms with Crippen LogP contribution in [0.1, 0.15) is 10.5 Å². The van der Waals surface area contributed by atoms with Crippen molar-refractivity contribution >= 4 is 23.7 Å². The Kier molecular flexibility index (Phi) is 4.16. The van der Waals surface area contributed by atoms with Gasteiger partial charge >= 0.3 is 0 Å². The van der Waals surface area contributed by atoms with Gasteiger partial charge in [0.15, 0.2) is 0 Å². The highest BCUT2D eigenvalue weighted by Crippen LogP contribution is 2.21.